The Bertz CT molecular complexity index is 807. The lowest BCUT2D eigenvalue weighted by Gasteiger charge is -2.16. The van der Waals surface area contributed by atoms with Gasteiger partial charge in [0.25, 0.3) is 0 Å². The Morgan fingerprint density at radius 2 is 1.26 bits per heavy atom. The van der Waals surface area contributed by atoms with Gasteiger partial charge in [0.2, 0.25) is 0 Å². The maximum atomic E-state index is 11.9. The lowest BCUT2D eigenvalue weighted by atomic mass is 9.99. The number of rotatable bonds is 5. The molecule has 3 heteroatoms. The van der Waals surface area contributed by atoms with E-state index in [0.717, 1.165) is 0 Å². The van der Waals surface area contributed by atoms with Gasteiger partial charge in [0.05, 0.1) is 5.60 Å². The largest absolute Gasteiger partial charge is 0.390 e. The summed E-state index contributed by atoms with van der Waals surface area (Å²) in [5, 5.41) is 19.4. The summed E-state index contributed by atoms with van der Waals surface area (Å²) in [6.45, 7) is 3.64. The molecule has 1 unspecified atom stereocenters. The van der Waals surface area contributed by atoms with Crippen LogP contribution in [0.2, 0.25) is 0 Å². The fraction of sp³-hybridized carbons (Fsp3) is 0.208. The van der Waals surface area contributed by atoms with Gasteiger partial charge < -0.3 is 10.2 Å². The van der Waals surface area contributed by atoms with Gasteiger partial charge >= 0.3 is 0 Å². The lowest BCUT2D eigenvalue weighted by Crippen LogP contribution is -2.21. The Balaban J connectivity index is 0.000000208. The smallest absolute Gasteiger partial charge is 0.195 e. The van der Waals surface area contributed by atoms with Crippen molar-refractivity contribution >= 4 is 5.78 Å². The molecule has 0 aliphatic carbocycles. The molecule has 0 bridgehead atoms. The number of carbonyl (C=O) groups is 1. The highest BCUT2D eigenvalue weighted by atomic mass is 16.3. The van der Waals surface area contributed by atoms with Crippen LogP contribution in [0.25, 0.3) is 0 Å². The number of aliphatic hydroxyl groups excluding tert-OH is 1. The van der Waals surface area contributed by atoms with Crippen molar-refractivity contribution < 1.29 is 15.0 Å². The summed E-state index contributed by atoms with van der Waals surface area (Å²) in [4.78, 5) is 11.9. The third-order valence-electron chi connectivity index (χ3n) is 3.90. The quantitative estimate of drug-likeness (QED) is 0.652. The van der Waals surface area contributed by atoms with Gasteiger partial charge in [-0.15, -0.1) is 0 Å². The Morgan fingerprint density at radius 1 is 0.815 bits per heavy atom. The first-order chi connectivity index (χ1) is 12.9. The van der Waals surface area contributed by atoms with E-state index < -0.39 is 11.7 Å². The first kappa shape index (κ1) is 20.6. The fourth-order valence-electron chi connectivity index (χ4n) is 2.64. The van der Waals surface area contributed by atoms with Gasteiger partial charge in [-0.2, -0.15) is 0 Å². The summed E-state index contributed by atoms with van der Waals surface area (Å²) in [7, 11) is 0. The topological polar surface area (TPSA) is 57.5 Å². The molecular formula is C24H26O3. The minimum atomic E-state index is -1.08. The summed E-state index contributed by atoms with van der Waals surface area (Å²) < 4.78 is 0. The molecule has 0 amide bonds. The fourth-order valence-corrected chi connectivity index (χ4v) is 2.64. The van der Waals surface area contributed by atoms with E-state index in [9.17, 15) is 15.0 Å². The van der Waals surface area contributed by atoms with Gasteiger partial charge in [0.15, 0.2) is 5.78 Å². The van der Waals surface area contributed by atoms with Gasteiger partial charge in [0, 0.05) is 12.0 Å². The van der Waals surface area contributed by atoms with Crippen molar-refractivity contribution in [3.8, 4) is 0 Å². The highest BCUT2D eigenvalue weighted by Crippen LogP contribution is 2.17. The third kappa shape index (κ3) is 7.18. The van der Waals surface area contributed by atoms with E-state index in [1.807, 2.05) is 56.3 Å². The van der Waals surface area contributed by atoms with E-state index in [-0.39, 0.29) is 5.78 Å². The average Bonchev–Trinajstić information content (AvgIpc) is 2.68. The van der Waals surface area contributed by atoms with Crippen LogP contribution in [0.4, 0.5) is 0 Å². The second-order valence-corrected chi connectivity index (χ2v) is 7.02. The molecule has 1 atom stereocenters. The molecule has 3 aromatic carbocycles. The average molecular weight is 362 g/mol. The van der Waals surface area contributed by atoms with Crippen molar-refractivity contribution in [2.45, 2.75) is 32.0 Å². The molecule has 0 heterocycles. The SMILES string of the molecule is CC(C)(O)Cc1ccccc1.O=C(c1ccccc1)C(O)c1ccccc1. The normalized spacial score (nSPS) is 11.9. The van der Waals surface area contributed by atoms with Gasteiger partial charge in [-0.3, -0.25) is 4.79 Å². The molecule has 0 aliphatic heterocycles. The Kier molecular flexibility index (Phi) is 7.47. The Hall–Kier alpha value is -2.75. The van der Waals surface area contributed by atoms with Crippen LogP contribution in [0, 0.1) is 0 Å². The molecule has 3 aromatic rings. The van der Waals surface area contributed by atoms with Gasteiger partial charge in [-0.25, -0.2) is 0 Å². The number of aliphatic hydroxyl groups is 2. The van der Waals surface area contributed by atoms with Crippen LogP contribution in [-0.2, 0) is 6.42 Å². The zero-order chi connectivity index (χ0) is 19.7. The van der Waals surface area contributed by atoms with Crippen LogP contribution in [0.3, 0.4) is 0 Å². The molecule has 27 heavy (non-hydrogen) atoms. The summed E-state index contributed by atoms with van der Waals surface area (Å²) >= 11 is 0. The standard InChI is InChI=1S/C14H12O2.C10H14O/c15-13(11-7-3-1-4-8-11)14(16)12-9-5-2-6-10-12;1-10(2,11)8-9-6-4-3-5-7-9/h1-10,13,15H;3-7,11H,8H2,1-2H3. The predicted molar refractivity (Wildman–Crippen MR) is 109 cm³/mol. The van der Waals surface area contributed by atoms with Crippen LogP contribution >= 0.6 is 0 Å². The monoisotopic (exact) mass is 362 g/mol. The molecule has 3 nitrogen and oxygen atoms in total. The van der Waals surface area contributed by atoms with Crippen LogP contribution < -0.4 is 0 Å². The number of ketones is 1. The minimum absolute atomic E-state index is 0.271. The van der Waals surface area contributed by atoms with Gasteiger partial charge in [0.1, 0.15) is 6.10 Å². The summed E-state index contributed by atoms with van der Waals surface area (Å²) in [5.41, 5.74) is 1.73. The predicted octanol–water partition coefficient (Wildman–Crippen LogP) is 4.60. The summed E-state index contributed by atoms with van der Waals surface area (Å²) in [6, 6.07) is 27.8. The van der Waals surface area contributed by atoms with E-state index in [0.29, 0.717) is 17.5 Å². The first-order valence-corrected chi connectivity index (χ1v) is 8.95. The lowest BCUT2D eigenvalue weighted by molar-refractivity contribution is 0.0747. The first-order valence-electron chi connectivity index (χ1n) is 8.95. The second kappa shape index (κ2) is 9.81. The molecule has 0 spiro atoms. The molecule has 0 saturated carbocycles. The van der Waals surface area contributed by atoms with E-state index in [2.05, 4.69) is 0 Å². The number of carbonyl (C=O) groups excluding carboxylic acids is 1. The Morgan fingerprint density at radius 3 is 1.74 bits per heavy atom. The van der Waals surface area contributed by atoms with Gasteiger partial charge in [-0.1, -0.05) is 91.0 Å². The maximum Gasteiger partial charge on any atom is 0.195 e. The molecule has 0 saturated heterocycles. The number of Topliss-reactive ketones (excluding diaryl/α,β-unsaturated/α-hetero) is 1. The highest BCUT2D eigenvalue weighted by molar-refractivity contribution is 5.99. The number of hydrogen-bond donors (Lipinski definition) is 2. The maximum absolute atomic E-state index is 11.9. The second-order valence-electron chi connectivity index (χ2n) is 7.02. The molecule has 0 fully saturated rings. The minimum Gasteiger partial charge on any atom is -0.390 e. The van der Waals surface area contributed by atoms with Crippen molar-refractivity contribution in [3.05, 3.63) is 108 Å². The summed E-state index contributed by atoms with van der Waals surface area (Å²) in [6.07, 6.45) is -0.364. The van der Waals surface area contributed by atoms with Crippen LogP contribution in [0.15, 0.2) is 91.0 Å². The molecule has 0 aliphatic rings. The molecule has 2 N–H and O–H groups in total. The number of hydrogen-bond acceptors (Lipinski definition) is 3. The highest BCUT2D eigenvalue weighted by Gasteiger charge is 2.18. The van der Waals surface area contributed by atoms with Crippen molar-refractivity contribution in [1.29, 1.82) is 0 Å². The molecule has 140 valence electrons. The third-order valence-corrected chi connectivity index (χ3v) is 3.90. The molecule has 0 radical (unpaired) electrons. The van der Waals surface area contributed by atoms with Crippen molar-refractivity contribution in [1.82, 2.24) is 0 Å². The van der Waals surface area contributed by atoms with E-state index >= 15 is 0 Å². The van der Waals surface area contributed by atoms with Crippen molar-refractivity contribution in [3.63, 3.8) is 0 Å². The van der Waals surface area contributed by atoms with Gasteiger partial charge in [-0.05, 0) is 25.0 Å². The number of benzene rings is 3. The van der Waals surface area contributed by atoms with E-state index in [1.165, 1.54) is 5.56 Å². The van der Waals surface area contributed by atoms with Crippen LogP contribution in [0.5, 0.6) is 0 Å². The zero-order valence-corrected chi connectivity index (χ0v) is 15.7. The van der Waals surface area contributed by atoms with E-state index in [1.54, 1.807) is 48.5 Å². The van der Waals surface area contributed by atoms with Crippen LogP contribution in [0.1, 0.15) is 41.4 Å². The van der Waals surface area contributed by atoms with Crippen molar-refractivity contribution in [2.75, 3.05) is 0 Å². The molecular weight excluding hydrogens is 336 g/mol. The van der Waals surface area contributed by atoms with E-state index in [4.69, 9.17) is 0 Å². The van der Waals surface area contributed by atoms with Crippen LogP contribution in [-0.4, -0.2) is 21.6 Å². The Labute approximate surface area is 160 Å². The zero-order valence-electron chi connectivity index (χ0n) is 15.7. The molecule has 0 aromatic heterocycles. The molecule has 3 rings (SSSR count). The van der Waals surface area contributed by atoms with Crippen molar-refractivity contribution in [2.24, 2.45) is 0 Å². The summed E-state index contributed by atoms with van der Waals surface area (Å²) in [5.74, 6) is -0.271.